The first-order valence-electron chi connectivity index (χ1n) is 6.58. The van der Waals surface area contributed by atoms with Gasteiger partial charge in [-0.25, -0.2) is 0 Å². The molecule has 0 aliphatic rings. The van der Waals surface area contributed by atoms with Gasteiger partial charge in [-0.2, -0.15) is 0 Å². The van der Waals surface area contributed by atoms with Crippen LogP contribution in [-0.2, 0) is 0 Å². The average Bonchev–Trinajstić information content (AvgIpc) is 2.43. The normalized spacial score (nSPS) is 12.0. The summed E-state index contributed by atoms with van der Waals surface area (Å²) >= 11 is 18.0. The van der Waals surface area contributed by atoms with Crippen LogP contribution in [0.1, 0.15) is 12.5 Å². The number of ether oxygens (including phenoxy) is 1. The van der Waals surface area contributed by atoms with E-state index in [2.05, 4.69) is 5.32 Å². The highest BCUT2D eigenvalue weighted by Gasteiger charge is 2.09. The van der Waals surface area contributed by atoms with E-state index in [0.717, 1.165) is 16.3 Å². The van der Waals surface area contributed by atoms with E-state index >= 15 is 0 Å². The second kappa shape index (κ2) is 7.26. The van der Waals surface area contributed by atoms with Crippen LogP contribution in [0.4, 0.5) is 5.69 Å². The molecule has 0 heterocycles. The lowest BCUT2D eigenvalue weighted by atomic mass is 10.2. The minimum Gasteiger partial charge on any atom is -0.487 e. The molecule has 0 spiro atoms. The predicted octanol–water partition coefficient (Wildman–Crippen LogP) is 5.83. The second-order valence-electron chi connectivity index (χ2n) is 4.80. The average molecular weight is 345 g/mol. The van der Waals surface area contributed by atoms with Gasteiger partial charge < -0.3 is 10.1 Å². The molecule has 0 fully saturated rings. The van der Waals surface area contributed by atoms with Crippen LogP contribution in [0.2, 0.25) is 15.1 Å². The highest BCUT2D eigenvalue weighted by molar-refractivity contribution is 6.35. The fourth-order valence-corrected chi connectivity index (χ4v) is 2.51. The summed E-state index contributed by atoms with van der Waals surface area (Å²) in [6.45, 7) is 4.59. The fourth-order valence-electron chi connectivity index (χ4n) is 1.88. The zero-order valence-corrected chi connectivity index (χ0v) is 14.1. The first kappa shape index (κ1) is 16.3. The Bertz CT molecular complexity index is 631. The summed E-state index contributed by atoms with van der Waals surface area (Å²) < 4.78 is 5.81. The summed E-state index contributed by atoms with van der Waals surface area (Å²) in [6.07, 6.45) is -0.0537. The minimum absolute atomic E-state index is 0.0537. The highest BCUT2D eigenvalue weighted by atomic mass is 35.5. The molecular formula is C16H16Cl3NO. The van der Waals surface area contributed by atoms with Crippen LogP contribution in [0.3, 0.4) is 0 Å². The molecule has 21 heavy (non-hydrogen) atoms. The van der Waals surface area contributed by atoms with Crippen molar-refractivity contribution in [2.45, 2.75) is 20.0 Å². The fraction of sp³-hybridized carbons (Fsp3) is 0.250. The van der Waals surface area contributed by atoms with Gasteiger partial charge in [0.05, 0.1) is 11.6 Å². The molecule has 0 aromatic heterocycles. The maximum atomic E-state index is 6.09. The molecule has 2 aromatic rings. The third-order valence-electron chi connectivity index (χ3n) is 3.07. The SMILES string of the molecule is Cc1c(Cl)cccc1NCC(C)Oc1ccc(Cl)cc1Cl. The molecule has 0 bridgehead atoms. The number of benzene rings is 2. The van der Waals surface area contributed by atoms with Gasteiger partial charge >= 0.3 is 0 Å². The lowest BCUT2D eigenvalue weighted by molar-refractivity contribution is 0.235. The molecule has 0 amide bonds. The van der Waals surface area contributed by atoms with Gasteiger partial charge in [-0.3, -0.25) is 0 Å². The zero-order chi connectivity index (χ0) is 15.4. The second-order valence-corrected chi connectivity index (χ2v) is 6.05. The molecule has 0 saturated heterocycles. The number of nitrogens with one attached hydrogen (secondary N) is 1. The van der Waals surface area contributed by atoms with Gasteiger partial charge in [0.1, 0.15) is 11.9 Å². The third kappa shape index (κ3) is 4.44. The molecule has 2 aromatic carbocycles. The van der Waals surface area contributed by atoms with E-state index in [1.807, 2.05) is 32.0 Å². The number of rotatable bonds is 5. The molecule has 0 saturated carbocycles. The molecule has 2 nitrogen and oxygen atoms in total. The van der Waals surface area contributed by atoms with E-state index < -0.39 is 0 Å². The molecule has 112 valence electrons. The Morgan fingerprint density at radius 3 is 2.57 bits per heavy atom. The van der Waals surface area contributed by atoms with E-state index in [-0.39, 0.29) is 6.10 Å². The van der Waals surface area contributed by atoms with Gasteiger partial charge in [-0.05, 0) is 49.7 Å². The van der Waals surface area contributed by atoms with Crippen molar-refractivity contribution in [3.8, 4) is 5.75 Å². The number of hydrogen-bond acceptors (Lipinski definition) is 2. The molecule has 1 N–H and O–H groups in total. The molecular weight excluding hydrogens is 329 g/mol. The predicted molar refractivity (Wildman–Crippen MR) is 91.2 cm³/mol. The number of anilines is 1. The number of halogens is 3. The molecule has 2 rings (SSSR count). The van der Waals surface area contributed by atoms with Crippen molar-refractivity contribution in [1.82, 2.24) is 0 Å². The lowest BCUT2D eigenvalue weighted by Gasteiger charge is -2.18. The van der Waals surface area contributed by atoms with Crippen molar-refractivity contribution < 1.29 is 4.74 Å². The summed E-state index contributed by atoms with van der Waals surface area (Å²) in [5.74, 6) is 0.623. The number of hydrogen-bond donors (Lipinski definition) is 1. The van der Waals surface area contributed by atoms with Gasteiger partial charge in [0.2, 0.25) is 0 Å². The molecule has 0 aliphatic heterocycles. The zero-order valence-electron chi connectivity index (χ0n) is 11.8. The van der Waals surface area contributed by atoms with E-state index in [1.165, 1.54) is 0 Å². The Balaban J connectivity index is 1.96. The van der Waals surface area contributed by atoms with Crippen LogP contribution in [0, 0.1) is 6.92 Å². The summed E-state index contributed by atoms with van der Waals surface area (Å²) in [4.78, 5) is 0. The van der Waals surface area contributed by atoms with Crippen molar-refractivity contribution in [3.63, 3.8) is 0 Å². The van der Waals surface area contributed by atoms with Crippen LogP contribution in [-0.4, -0.2) is 12.6 Å². The maximum absolute atomic E-state index is 6.09. The van der Waals surface area contributed by atoms with Crippen molar-refractivity contribution in [2.75, 3.05) is 11.9 Å². The standard InChI is InChI=1S/C16H16Cl3NO/c1-10(21-16-7-6-12(17)8-14(16)19)9-20-15-5-3-4-13(18)11(15)2/h3-8,10,20H,9H2,1-2H3. The maximum Gasteiger partial charge on any atom is 0.138 e. The lowest BCUT2D eigenvalue weighted by Crippen LogP contribution is -2.23. The monoisotopic (exact) mass is 343 g/mol. The minimum atomic E-state index is -0.0537. The van der Waals surface area contributed by atoms with Crippen LogP contribution in [0.15, 0.2) is 36.4 Å². The van der Waals surface area contributed by atoms with Crippen molar-refractivity contribution in [1.29, 1.82) is 0 Å². The quantitative estimate of drug-likeness (QED) is 0.736. The highest BCUT2D eigenvalue weighted by Crippen LogP contribution is 2.28. The Kier molecular flexibility index (Phi) is 5.63. The molecule has 5 heteroatoms. The Morgan fingerprint density at radius 1 is 1.10 bits per heavy atom. The van der Waals surface area contributed by atoms with Gasteiger partial charge in [0, 0.05) is 15.7 Å². The van der Waals surface area contributed by atoms with Crippen LogP contribution in [0.5, 0.6) is 5.75 Å². The van der Waals surface area contributed by atoms with Crippen LogP contribution < -0.4 is 10.1 Å². The Labute approximate surface area is 140 Å². The summed E-state index contributed by atoms with van der Waals surface area (Å²) in [6, 6.07) is 11.0. The largest absolute Gasteiger partial charge is 0.487 e. The van der Waals surface area contributed by atoms with Crippen molar-refractivity contribution in [2.24, 2.45) is 0 Å². The van der Waals surface area contributed by atoms with E-state index in [9.17, 15) is 0 Å². The van der Waals surface area contributed by atoms with Gasteiger partial charge in [-0.15, -0.1) is 0 Å². The van der Waals surface area contributed by atoms with E-state index in [4.69, 9.17) is 39.5 Å². The van der Waals surface area contributed by atoms with E-state index in [0.29, 0.717) is 22.3 Å². The molecule has 0 radical (unpaired) electrons. The summed E-state index contributed by atoms with van der Waals surface area (Å²) in [5, 5.41) is 5.17. The van der Waals surface area contributed by atoms with Crippen molar-refractivity contribution in [3.05, 3.63) is 57.0 Å². The molecule has 1 unspecified atom stereocenters. The topological polar surface area (TPSA) is 21.3 Å². The van der Waals surface area contributed by atoms with Crippen LogP contribution >= 0.6 is 34.8 Å². The van der Waals surface area contributed by atoms with Crippen LogP contribution in [0.25, 0.3) is 0 Å². The van der Waals surface area contributed by atoms with Gasteiger partial charge in [0.15, 0.2) is 0 Å². The van der Waals surface area contributed by atoms with Gasteiger partial charge in [-0.1, -0.05) is 40.9 Å². The van der Waals surface area contributed by atoms with Crippen molar-refractivity contribution >= 4 is 40.5 Å². The summed E-state index contributed by atoms with van der Waals surface area (Å²) in [5.41, 5.74) is 2.02. The first-order valence-corrected chi connectivity index (χ1v) is 7.71. The Hall–Kier alpha value is -1.09. The third-order valence-corrected chi connectivity index (χ3v) is 4.01. The smallest absolute Gasteiger partial charge is 0.138 e. The Morgan fingerprint density at radius 2 is 1.86 bits per heavy atom. The van der Waals surface area contributed by atoms with E-state index in [1.54, 1.807) is 18.2 Å². The van der Waals surface area contributed by atoms with Gasteiger partial charge in [0.25, 0.3) is 0 Å². The molecule has 1 atom stereocenters. The first-order chi connectivity index (χ1) is 9.97. The molecule has 0 aliphatic carbocycles. The summed E-state index contributed by atoms with van der Waals surface area (Å²) in [7, 11) is 0.